The lowest BCUT2D eigenvalue weighted by molar-refractivity contribution is 0.0787. The van der Waals surface area contributed by atoms with Crippen molar-refractivity contribution in [3.63, 3.8) is 0 Å². The summed E-state index contributed by atoms with van der Waals surface area (Å²) >= 11 is 6.15. The number of aromatic amines is 1. The number of benzene rings is 3. The highest BCUT2D eigenvalue weighted by molar-refractivity contribution is 6.31. The summed E-state index contributed by atoms with van der Waals surface area (Å²) in [7, 11) is 0. The molecule has 0 saturated heterocycles. The number of pyridine rings is 1. The fourth-order valence-corrected chi connectivity index (χ4v) is 5.53. The van der Waals surface area contributed by atoms with Crippen LogP contribution in [0.5, 0.6) is 0 Å². The van der Waals surface area contributed by atoms with Crippen LogP contribution in [0.4, 0.5) is 5.69 Å². The van der Waals surface area contributed by atoms with Crippen molar-refractivity contribution >= 4 is 50.9 Å². The number of nitrogens with zero attached hydrogens (tertiary/aromatic N) is 2. The van der Waals surface area contributed by atoms with Gasteiger partial charge in [-0.2, -0.15) is 0 Å². The molecular weight excluding hydrogens is 500 g/mol. The number of nitrogens with two attached hydrogens (primary N) is 1. The van der Waals surface area contributed by atoms with Crippen LogP contribution < -0.4 is 10.6 Å². The van der Waals surface area contributed by atoms with E-state index in [-0.39, 0.29) is 11.6 Å². The summed E-state index contributed by atoms with van der Waals surface area (Å²) in [5.41, 5.74) is 11.7. The molecule has 0 aliphatic carbocycles. The highest BCUT2D eigenvalue weighted by atomic mass is 35.5. The van der Waals surface area contributed by atoms with Crippen molar-refractivity contribution in [2.75, 3.05) is 4.90 Å². The second kappa shape index (κ2) is 8.41. The molecule has 0 radical (unpaired) electrons. The van der Waals surface area contributed by atoms with E-state index in [1.807, 2.05) is 49.4 Å². The zero-order valence-electron chi connectivity index (χ0n) is 21.1. The normalized spacial score (nSPS) is 13.5. The Bertz CT molecular complexity index is 1820. The molecule has 1 aliphatic rings. The minimum atomic E-state index is -1.03. The molecule has 7 nitrogen and oxygen atoms in total. The number of primary amides is 1. The average Bonchev–Trinajstić information content (AvgIpc) is 3.40. The fourth-order valence-electron chi connectivity index (χ4n) is 5.36. The topological polar surface area (TPSA) is 112 Å². The summed E-state index contributed by atoms with van der Waals surface area (Å²) < 4.78 is 0. The number of H-pyrrole nitrogens is 1. The lowest BCUT2D eigenvalue weighted by atomic mass is 9.94. The molecule has 3 aromatic carbocycles. The number of carbonyl (C=O) groups is 2. The van der Waals surface area contributed by atoms with Crippen molar-refractivity contribution < 1.29 is 14.7 Å². The minimum absolute atomic E-state index is 0.0960. The van der Waals surface area contributed by atoms with Crippen LogP contribution in [0.3, 0.4) is 0 Å². The van der Waals surface area contributed by atoms with Gasteiger partial charge in [-0.15, -0.1) is 0 Å². The van der Waals surface area contributed by atoms with Crippen LogP contribution in [0.25, 0.3) is 32.9 Å². The third-order valence-corrected chi connectivity index (χ3v) is 7.56. The van der Waals surface area contributed by atoms with Crippen molar-refractivity contribution in [2.24, 2.45) is 5.73 Å². The zero-order chi connectivity index (χ0) is 26.9. The van der Waals surface area contributed by atoms with Crippen molar-refractivity contribution in [2.45, 2.75) is 32.9 Å². The molecule has 190 valence electrons. The molecule has 2 aromatic heterocycles. The van der Waals surface area contributed by atoms with Crippen molar-refractivity contribution in [1.29, 1.82) is 0 Å². The van der Waals surface area contributed by atoms with E-state index in [9.17, 15) is 14.7 Å². The highest BCUT2D eigenvalue weighted by Crippen LogP contribution is 2.41. The molecular formula is C30H25ClN4O3. The fraction of sp³-hybridized carbons (Fsp3) is 0.167. The van der Waals surface area contributed by atoms with E-state index in [1.165, 1.54) is 0 Å². The number of anilines is 1. The Kier molecular flexibility index (Phi) is 5.35. The molecule has 0 saturated carbocycles. The number of hydrogen-bond acceptors (Lipinski definition) is 4. The van der Waals surface area contributed by atoms with Crippen LogP contribution in [0.2, 0.25) is 5.02 Å². The molecule has 1 aliphatic heterocycles. The minimum Gasteiger partial charge on any atom is -0.386 e. The van der Waals surface area contributed by atoms with Gasteiger partial charge in [0.25, 0.3) is 11.8 Å². The zero-order valence-corrected chi connectivity index (χ0v) is 21.8. The Labute approximate surface area is 223 Å². The van der Waals surface area contributed by atoms with Gasteiger partial charge in [0.15, 0.2) is 5.69 Å². The Morgan fingerprint density at radius 3 is 2.63 bits per heavy atom. The second-order valence-corrected chi connectivity index (χ2v) is 10.7. The van der Waals surface area contributed by atoms with Crippen LogP contribution in [-0.4, -0.2) is 26.9 Å². The van der Waals surface area contributed by atoms with Gasteiger partial charge in [0.2, 0.25) is 0 Å². The Hall–Kier alpha value is -4.20. The number of aromatic nitrogens is 2. The first kappa shape index (κ1) is 24.2. The average molecular weight is 525 g/mol. The first-order valence-corrected chi connectivity index (χ1v) is 12.6. The number of amides is 2. The summed E-state index contributed by atoms with van der Waals surface area (Å²) in [5, 5.41) is 12.7. The molecule has 8 heteroatoms. The lowest BCUT2D eigenvalue weighted by Gasteiger charge is -2.21. The molecule has 38 heavy (non-hydrogen) atoms. The maximum atomic E-state index is 13.3. The highest BCUT2D eigenvalue weighted by Gasteiger charge is 2.30. The molecule has 2 amide bonds. The summed E-state index contributed by atoms with van der Waals surface area (Å²) in [5.74, 6) is -0.735. The van der Waals surface area contributed by atoms with E-state index in [0.717, 1.165) is 49.8 Å². The Balaban J connectivity index is 1.56. The summed E-state index contributed by atoms with van der Waals surface area (Å²) in [6.45, 7) is 5.87. The second-order valence-electron chi connectivity index (χ2n) is 10.2. The van der Waals surface area contributed by atoms with Gasteiger partial charge in [0.05, 0.1) is 17.7 Å². The van der Waals surface area contributed by atoms with Gasteiger partial charge in [0, 0.05) is 44.3 Å². The quantitative estimate of drug-likeness (QED) is 0.274. The number of fused-ring (bicyclic) bond motifs is 4. The number of halogens is 1. The molecule has 0 bridgehead atoms. The van der Waals surface area contributed by atoms with Crippen LogP contribution in [0.1, 0.15) is 51.4 Å². The Morgan fingerprint density at radius 1 is 1.11 bits per heavy atom. The third kappa shape index (κ3) is 3.66. The first-order valence-electron chi connectivity index (χ1n) is 12.2. The predicted octanol–water partition coefficient (Wildman–Crippen LogP) is 5.83. The van der Waals surface area contributed by atoms with E-state index in [4.69, 9.17) is 17.3 Å². The van der Waals surface area contributed by atoms with Crippen molar-refractivity contribution in [3.05, 3.63) is 93.8 Å². The summed E-state index contributed by atoms with van der Waals surface area (Å²) in [6, 6.07) is 16.9. The van der Waals surface area contributed by atoms with E-state index >= 15 is 0 Å². The summed E-state index contributed by atoms with van der Waals surface area (Å²) in [6.07, 6.45) is 1.66. The maximum Gasteiger partial charge on any atom is 0.269 e. The number of hydrogen-bond donors (Lipinski definition) is 3. The number of aliphatic hydroxyl groups is 1. The lowest BCUT2D eigenvalue weighted by Crippen LogP contribution is -2.24. The van der Waals surface area contributed by atoms with Gasteiger partial charge >= 0.3 is 0 Å². The third-order valence-electron chi connectivity index (χ3n) is 7.33. The SMILES string of the molecule is Cc1c(-c2cnc(C(N)=O)c3[nH]c4cc(C(C)(C)O)ccc4c23)cccc1N1Cc2ccc(Cl)cc2C1=O. The first-order chi connectivity index (χ1) is 18.0. The standard InChI is InChI=1S/C30H25ClN4O3/c1-15-19(5-4-6-24(15)35-14-16-7-9-18(31)12-21(16)29(35)37)22-13-33-27(28(32)36)26-25(22)20-10-8-17(30(2,3)38)11-23(20)34-26/h4-13,34,38H,14H2,1-3H3,(H2,32,36). The van der Waals surface area contributed by atoms with Crippen LogP contribution in [0, 0.1) is 6.92 Å². The molecule has 0 fully saturated rings. The number of carbonyl (C=O) groups excluding carboxylic acids is 2. The van der Waals surface area contributed by atoms with Crippen LogP contribution in [-0.2, 0) is 12.1 Å². The van der Waals surface area contributed by atoms with E-state index in [0.29, 0.717) is 22.6 Å². The van der Waals surface area contributed by atoms with E-state index < -0.39 is 11.5 Å². The van der Waals surface area contributed by atoms with Gasteiger partial charge < -0.3 is 20.7 Å². The smallest absolute Gasteiger partial charge is 0.269 e. The van der Waals surface area contributed by atoms with Crippen LogP contribution in [0.15, 0.2) is 60.8 Å². The molecule has 0 atom stereocenters. The molecule has 0 unspecified atom stereocenters. The number of rotatable bonds is 4. The Morgan fingerprint density at radius 2 is 1.89 bits per heavy atom. The molecule has 3 heterocycles. The molecule has 5 aromatic rings. The predicted molar refractivity (Wildman–Crippen MR) is 150 cm³/mol. The van der Waals surface area contributed by atoms with Crippen molar-refractivity contribution in [1.82, 2.24) is 9.97 Å². The van der Waals surface area contributed by atoms with Gasteiger partial charge in [0.1, 0.15) is 0 Å². The largest absolute Gasteiger partial charge is 0.386 e. The number of nitrogens with one attached hydrogen (secondary N) is 1. The van der Waals surface area contributed by atoms with Crippen LogP contribution >= 0.6 is 11.6 Å². The van der Waals surface area contributed by atoms with E-state index in [2.05, 4.69) is 9.97 Å². The van der Waals surface area contributed by atoms with Gasteiger partial charge in [-0.05, 0) is 67.3 Å². The maximum absolute atomic E-state index is 13.3. The summed E-state index contributed by atoms with van der Waals surface area (Å²) in [4.78, 5) is 35.1. The van der Waals surface area contributed by atoms with Gasteiger partial charge in [-0.25, -0.2) is 4.98 Å². The van der Waals surface area contributed by atoms with Gasteiger partial charge in [-0.3, -0.25) is 9.59 Å². The van der Waals surface area contributed by atoms with Gasteiger partial charge in [-0.1, -0.05) is 41.9 Å². The molecule has 0 spiro atoms. The van der Waals surface area contributed by atoms with Crippen molar-refractivity contribution in [3.8, 4) is 11.1 Å². The monoisotopic (exact) mass is 524 g/mol. The molecule has 4 N–H and O–H groups in total. The van der Waals surface area contributed by atoms with E-state index in [1.54, 1.807) is 37.1 Å². The molecule has 6 rings (SSSR count).